The van der Waals surface area contributed by atoms with Crippen LogP contribution in [0, 0.1) is 5.92 Å². The van der Waals surface area contributed by atoms with Gasteiger partial charge in [-0.3, -0.25) is 4.79 Å². The van der Waals surface area contributed by atoms with Crippen LogP contribution >= 0.6 is 23.4 Å². The lowest BCUT2D eigenvalue weighted by Crippen LogP contribution is -2.39. The van der Waals surface area contributed by atoms with E-state index in [9.17, 15) is 4.79 Å². The fourth-order valence-corrected chi connectivity index (χ4v) is 4.21. The molecule has 0 saturated carbocycles. The van der Waals surface area contributed by atoms with Gasteiger partial charge in [0, 0.05) is 42.9 Å². The molecule has 1 saturated heterocycles. The third kappa shape index (κ3) is 4.26. The van der Waals surface area contributed by atoms with Crippen LogP contribution in [0.5, 0.6) is 5.75 Å². The first-order valence-corrected chi connectivity index (χ1v) is 11.0. The number of aromatic nitrogens is 2. The molecule has 1 fully saturated rings. The average molecular weight is 420 g/mol. The Labute approximate surface area is 173 Å². The highest BCUT2D eigenvalue weighted by Crippen LogP contribution is 2.39. The largest absolute Gasteiger partial charge is 0.486 e. The van der Waals surface area contributed by atoms with Crippen LogP contribution in [0.2, 0.25) is 5.02 Å². The van der Waals surface area contributed by atoms with E-state index < -0.39 is 0 Å². The average Bonchev–Trinajstić information content (AvgIpc) is 3.16. The van der Waals surface area contributed by atoms with Crippen molar-refractivity contribution in [1.82, 2.24) is 15.3 Å². The fraction of sp³-hybridized carbons (Fsp3) is 0.450. The summed E-state index contributed by atoms with van der Waals surface area (Å²) in [6.45, 7) is 1.78. The Bertz CT molecular complexity index is 874. The van der Waals surface area contributed by atoms with Crippen molar-refractivity contribution >= 4 is 29.3 Å². The lowest BCUT2D eigenvalue weighted by Gasteiger charge is -2.22. The van der Waals surface area contributed by atoms with Gasteiger partial charge in [-0.05, 0) is 37.3 Å². The van der Waals surface area contributed by atoms with Gasteiger partial charge in [-0.15, -0.1) is 0 Å². The van der Waals surface area contributed by atoms with Gasteiger partial charge in [0.05, 0.1) is 17.3 Å². The van der Waals surface area contributed by atoms with E-state index in [2.05, 4.69) is 21.4 Å². The zero-order valence-corrected chi connectivity index (χ0v) is 17.2. The fourth-order valence-electron chi connectivity index (χ4n) is 3.57. The third-order valence-electron chi connectivity index (χ3n) is 5.06. The minimum absolute atomic E-state index is 0.0381. The second-order valence-electron chi connectivity index (χ2n) is 6.95. The molecule has 3 heterocycles. The molecule has 1 N–H and O–H groups in total. The zero-order valence-electron chi connectivity index (χ0n) is 15.6. The maximum Gasteiger partial charge on any atom is 0.223 e. The second kappa shape index (κ2) is 8.68. The molecular weight excluding hydrogens is 398 g/mol. The molecule has 0 radical (unpaired) electrons. The molecule has 0 aliphatic carbocycles. The number of thioether (sulfide) groups is 1. The Morgan fingerprint density at radius 3 is 2.96 bits per heavy atom. The molecule has 0 spiro atoms. The molecule has 1 atom stereocenters. The number of ether oxygens (including phenoxy) is 2. The smallest absolute Gasteiger partial charge is 0.223 e. The second-order valence-corrected chi connectivity index (χ2v) is 8.13. The Morgan fingerprint density at radius 2 is 2.18 bits per heavy atom. The van der Waals surface area contributed by atoms with Gasteiger partial charge in [0.15, 0.2) is 5.16 Å². The Morgan fingerprint density at radius 1 is 1.36 bits per heavy atom. The molecule has 4 rings (SSSR count). The van der Waals surface area contributed by atoms with Gasteiger partial charge in [0.25, 0.3) is 0 Å². The predicted molar refractivity (Wildman–Crippen MR) is 109 cm³/mol. The monoisotopic (exact) mass is 419 g/mol. The Kier molecular flexibility index (Phi) is 6.04. The molecule has 8 heteroatoms. The number of rotatable bonds is 5. The first-order chi connectivity index (χ1) is 13.6. The van der Waals surface area contributed by atoms with Crippen LogP contribution in [0.3, 0.4) is 0 Å². The van der Waals surface area contributed by atoms with Crippen LogP contribution in [-0.2, 0) is 16.0 Å². The first-order valence-electron chi connectivity index (χ1n) is 9.36. The Hall–Kier alpha value is -1.83. The number of amides is 1. The van der Waals surface area contributed by atoms with Crippen LogP contribution < -0.4 is 10.1 Å². The number of hydrogen-bond acceptors (Lipinski definition) is 6. The van der Waals surface area contributed by atoms with Crippen molar-refractivity contribution in [3.8, 4) is 17.0 Å². The molecule has 6 nitrogen and oxygen atoms in total. The van der Waals surface area contributed by atoms with E-state index in [1.807, 2.05) is 18.4 Å². The van der Waals surface area contributed by atoms with Gasteiger partial charge in [-0.25, -0.2) is 9.97 Å². The predicted octanol–water partition coefficient (Wildman–Crippen LogP) is 3.37. The summed E-state index contributed by atoms with van der Waals surface area (Å²) < 4.78 is 11.3. The summed E-state index contributed by atoms with van der Waals surface area (Å²) in [5, 5.41) is 4.31. The molecule has 2 aromatic rings. The topological polar surface area (TPSA) is 73.3 Å². The van der Waals surface area contributed by atoms with Crippen molar-refractivity contribution < 1.29 is 14.3 Å². The van der Waals surface area contributed by atoms with Crippen LogP contribution in [-0.4, -0.2) is 48.0 Å². The van der Waals surface area contributed by atoms with Crippen molar-refractivity contribution in [3.05, 3.63) is 35.0 Å². The number of nitrogens with zero attached hydrogens (tertiary/aromatic N) is 2. The van der Waals surface area contributed by atoms with Gasteiger partial charge in [0.2, 0.25) is 5.91 Å². The summed E-state index contributed by atoms with van der Waals surface area (Å²) in [6.07, 6.45) is 5.85. The van der Waals surface area contributed by atoms with Gasteiger partial charge in [-0.1, -0.05) is 23.4 Å². The van der Waals surface area contributed by atoms with E-state index in [1.165, 1.54) is 11.8 Å². The van der Waals surface area contributed by atoms with Gasteiger partial charge in [-0.2, -0.15) is 0 Å². The van der Waals surface area contributed by atoms with E-state index >= 15 is 0 Å². The van der Waals surface area contributed by atoms with Crippen LogP contribution in [0.1, 0.15) is 18.4 Å². The highest BCUT2D eigenvalue weighted by atomic mass is 35.5. The molecular formula is C20H22ClN3O3S. The minimum atomic E-state index is -0.112. The summed E-state index contributed by atoms with van der Waals surface area (Å²) in [5.74, 6) is 0.825. The molecule has 1 amide bonds. The lowest BCUT2D eigenvalue weighted by atomic mass is 9.99. The van der Waals surface area contributed by atoms with Crippen LogP contribution in [0.4, 0.5) is 0 Å². The number of hydrogen-bond donors (Lipinski definition) is 1. The van der Waals surface area contributed by atoms with Crippen molar-refractivity contribution in [2.75, 3.05) is 26.0 Å². The number of carbonyl (C=O) groups excluding carboxylic acids is 1. The normalized spacial score (nSPS) is 19.1. The van der Waals surface area contributed by atoms with Crippen molar-refractivity contribution in [2.24, 2.45) is 5.92 Å². The van der Waals surface area contributed by atoms with Crippen molar-refractivity contribution in [1.29, 1.82) is 0 Å². The van der Waals surface area contributed by atoms with Crippen LogP contribution in [0.25, 0.3) is 11.3 Å². The summed E-state index contributed by atoms with van der Waals surface area (Å²) in [6, 6.07) is 5.81. The van der Waals surface area contributed by atoms with Crippen molar-refractivity contribution in [2.45, 2.75) is 30.5 Å². The quantitative estimate of drug-likeness (QED) is 0.591. The van der Waals surface area contributed by atoms with Crippen LogP contribution in [0.15, 0.2) is 29.6 Å². The standard InChI is InChI=1S/C20H22ClN3O3S/c1-28-20-22-5-2-17(24-20)13-8-14-9-15(27-18(14)16(21)10-13)11-23-19(25)12-3-6-26-7-4-12/h2,5,8,10,12,15H,3-4,6-7,9,11H2,1H3,(H,23,25). The zero-order chi connectivity index (χ0) is 19.5. The van der Waals surface area contributed by atoms with Gasteiger partial charge in [0.1, 0.15) is 11.9 Å². The van der Waals surface area contributed by atoms with Gasteiger partial charge < -0.3 is 14.8 Å². The highest BCUT2D eigenvalue weighted by molar-refractivity contribution is 7.98. The minimum Gasteiger partial charge on any atom is -0.486 e. The summed E-state index contributed by atoms with van der Waals surface area (Å²) in [7, 11) is 0. The van der Waals surface area contributed by atoms with E-state index in [0.717, 1.165) is 34.8 Å². The van der Waals surface area contributed by atoms with Crippen molar-refractivity contribution in [3.63, 3.8) is 0 Å². The lowest BCUT2D eigenvalue weighted by molar-refractivity contribution is -0.128. The molecule has 2 aliphatic rings. The molecule has 2 aliphatic heterocycles. The van der Waals surface area contributed by atoms with E-state index in [1.54, 1.807) is 6.20 Å². The van der Waals surface area contributed by atoms with E-state index in [0.29, 0.717) is 37.0 Å². The number of benzene rings is 1. The maximum absolute atomic E-state index is 12.3. The number of carbonyl (C=O) groups is 1. The van der Waals surface area contributed by atoms with Gasteiger partial charge >= 0.3 is 0 Å². The highest BCUT2D eigenvalue weighted by Gasteiger charge is 2.28. The molecule has 148 valence electrons. The SMILES string of the molecule is CSc1nccc(-c2cc(Cl)c3c(c2)CC(CNC(=O)C2CCOCC2)O3)n1. The molecule has 28 heavy (non-hydrogen) atoms. The van der Waals surface area contributed by atoms with E-state index in [-0.39, 0.29) is 17.9 Å². The first kappa shape index (κ1) is 19.5. The number of halogens is 1. The summed E-state index contributed by atoms with van der Waals surface area (Å²) in [4.78, 5) is 21.1. The molecule has 1 aromatic carbocycles. The third-order valence-corrected chi connectivity index (χ3v) is 5.90. The van der Waals surface area contributed by atoms with E-state index in [4.69, 9.17) is 21.1 Å². The molecule has 0 bridgehead atoms. The molecule has 1 aromatic heterocycles. The number of fused-ring (bicyclic) bond motifs is 1. The Balaban J connectivity index is 1.43. The number of nitrogens with one attached hydrogen (secondary N) is 1. The summed E-state index contributed by atoms with van der Waals surface area (Å²) >= 11 is 7.97. The summed E-state index contributed by atoms with van der Waals surface area (Å²) in [5.41, 5.74) is 2.81. The maximum atomic E-state index is 12.3. The molecule has 1 unspecified atom stereocenters.